The van der Waals surface area contributed by atoms with Gasteiger partial charge in [0.05, 0.1) is 17.5 Å². The summed E-state index contributed by atoms with van der Waals surface area (Å²) in [5.74, 6) is -0.543. The average Bonchev–Trinajstić information content (AvgIpc) is 3.05. The standard InChI is InChI=1S/C19H17FN6O4S/c1-10-9-21-18(23-12-3-5-13(20)14(7-12)26-31(2,28)29)25-17(10)22-11-4-6-16-15(8-11)24-19(27)30-16/h3-9,26H,1-2H3,(H,24,27)(H2,21,22,23,25). The maximum Gasteiger partial charge on any atom is 0.417 e. The smallest absolute Gasteiger partial charge is 0.408 e. The second-order valence-corrected chi connectivity index (χ2v) is 8.52. The molecule has 0 aliphatic rings. The molecule has 160 valence electrons. The molecule has 2 heterocycles. The third-order valence-electron chi connectivity index (χ3n) is 4.17. The van der Waals surface area contributed by atoms with Gasteiger partial charge in [0.25, 0.3) is 0 Å². The van der Waals surface area contributed by atoms with Crippen LogP contribution in [0.3, 0.4) is 0 Å². The Kier molecular flexibility index (Phi) is 5.07. The van der Waals surface area contributed by atoms with Gasteiger partial charge in [-0.15, -0.1) is 0 Å². The molecule has 31 heavy (non-hydrogen) atoms. The van der Waals surface area contributed by atoms with Crippen LogP contribution in [0.25, 0.3) is 11.1 Å². The minimum absolute atomic E-state index is 0.194. The van der Waals surface area contributed by atoms with E-state index in [9.17, 15) is 17.6 Å². The van der Waals surface area contributed by atoms with Gasteiger partial charge in [-0.3, -0.25) is 9.71 Å². The Morgan fingerprint density at radius 2 is 1.84 bits per heavy atom. The van der Waals surface area contributed by atoms with Gasteiger partial charge in [0.1, 0.15) is 11.6 Å². The van der Waals surface area contributed by atoms with Gasteiger partial charge < -0.3 is 15.1 Å². The molecule has 4 rings (SSSR count). The minimum atomic E-state index is -3.64. The predicted octanol–water partition coefficient (Wildman–Crippen LogP) is 3.22. The largest absolute Gasteiger partial charge is 0.417 e. The van der Waals surface area contributed by atoms with Gasteiger partial charge in [-0.2, -0.15) is 4.98 Å². The molecule has 0 fully saturated rings. The fraction of sp³-hybridized carbons (Fsp3) is 0.105. The van der Waals surface area contributed by atoms with Crippen molar-refractivity contribution in [3.63, 3.8) is 0 Å². The number of H-pyrrole nitrogens is 1. The van der Waals surface area contributed by atoms with E-state index in [4.69, 9.17) is 4.42 Å². The summed E-state index contributed by atoms with van der Waals surface area (Å²) in [7, 11) is -3.64. The number of benzene rings is 2. The molecule has 0 amide bonds. The summed E-state index contributed by atoms with van der Waals surface area (Å²) in [6.07, 6.45) is 2.53. The molecule has 2 aromatic heterocycles. The van der Waals surface area contributed by atoms with Crippen molar-refractivity contribution in [1.82, 2.24) is 15.0 Å². The molecule has 2 aromatic carbocycles. The summed E-state index contributed by atoms with van der Waals surface area (Å²) in [4.78, 5) is 22.5. The Balaban J connectivity index is 1.59. The van der Waals surface area contributed by atoms with E-state index in [-0.39, 0.29) is 11.6 Å². The highest BCUT2D eigenvalue weighted by Gasteiger charge is 2.11. The van der Waals surface area contributed by atoms with E-state index in [1.54, 1.807) is 24.4 Å². The lowest BCUT2D eigenvalue weighted by atomic mass is 10.2. The van der Waals surface area contributed by atoms with E-state index in [2.05, 4.69) is 30.3 Å². The highest BCUT2D eigenvalue weighted by Crippen LogP contribution is 2.25. The van der Waals surface area contributed by atoms with Crippen LogP contribution in [0, 0.1) is 12.7 Å². The Morgan fingerprint density at radius 1 is 1.10 bits per heavy atom. The minimum Gasteiger partial charge on any atom is -0.408 e. The molecule has 0 unspecified atom stereocenters. The lowest BCUT2D eigenvalue weighted by Gasteiger charge is -2.12. The first-order chi connectivity index (χ1) is 14.7. The number of nitrogens with zero attached hydrogens (tertiary/aromatic N) is 2. The van der Waals surface area contributed by atoms with Crippen LogP contribution in [0.4, 0.5) is 33.2 Å². The third-order valence-corrected chi connectivity index (χ3v) is 4.76. The van der Waals surface area contributed by atoms with Crippen LogP contribution in [-0.4, -0.2) is 29.6 Å². The van der Waals surface area contributed by atoms with Crippen LogP contribution in [-0.2, 0) is 10.0 Å². The van der Waals surface area contributed by atoms with Gasteiger partial charge in [-0.05, 0) is 43.3 Å². The Morgan fingerprint density at radius 3 is 2.61 bits per heavy atom. The maximum absolute atomic E-state index is 13.9. The summed E-state index contributed by atoms with van der Waals surface area (Å²) in [5, 5.41) is 6.06. The number of aromatic amines is 1. The van der Waals surface area contributed by atoms with E-state index in [1.807, 2.05) is 6.92 Å². The molecule has 0 saturated heterocycles. The number of oxazole rings is 1. The van der Waals surface area contributed by atoms with Gasteiger partial charge >= 0.3 is 5.76 Å². The fourth-order valence-electron chi connectivity index (χ4n) is 2.81. The van der Waals surface area contributed by atoms with Crippen molar-refractivity contribution in [2.75, 3.05) is 21.6 Å². The molecule has 0 bridgehead atoms. The highest BCUT2D eigenvalue weighted by molar-refractivity contribution is 7.92. The Bertz CT molecular complexity index is 1450. The number of sulfonamides is 1. The topological polar surface area (TPSA) is 142 Å². The summed E-state index contributed by atoms with van der Waals surface area (Å²) < 4.78 is 43.8. The van der Waals surface area contributed by atoms with Crippen molar-refractivity contribution in [2.24, 2.45) is 0 Å². The second-order valence-electron chi connectivity index (χ2n) is 6.77. The summed E-state index contributed by atoms with van der Waals surface area (Å²) in [6, 6.07) is 8.96. The van der Waals surface area contributed by atoms with Crippen LogP contribution in [0.1, 0.15) is 5.56 Å². The molecule has 0 radical (unpaired) electrons. The molecule has 12 heteroatoms. The molecule has 4 N–H and O–H groups in total. The summed E-state index contributed by atoms with van der Waals surface area (Å²) in [6.45, 7) is 1.82. The normalized spacial score (nSPS) is 11.5. The first kappa shape index (κ1) is 20.3. The number of halogens is 1. The fourth-order valence-corrected chi connectivity index (χ4v) is 3.36. The van der Waals surface area contributed by atoms with Gasteiger partial charge in [-0.1, -0.05) is 0 Å². The van der Waals surface area contributed by atoms with Gasteiger partial charge in [0.2, 0.25) is 16.0 Å². The zero-order chi connectivity index (χ0) is 22.2. The Hall–Kier alpha value is -3.93. The van der Waals surface area contributed by atoms with Crippen LogP contribution in [0.5, 0.6) is 0 Å². The number of aromatic nitrogens is 3. The van der Waals surface area contributed by atoms with Crippen molar-refractivity contribution in [3.05, 3.63) is 64.5 Å². The van der Waals surface area contributed by atoms with Crippen molar-refractivity contribution < 1.29 is 17.2 Å². The quantitative estimate of drug-likeness (QED) is 0.355. The van der Waals surface area contributed by atoms with Crippen LogP contribution < -0.4 is 21.1 Å². The number of rotatable bonds is 6. The number of hydrogen-bond donors (Lipinski definition) is 4. The monoisotopic (exact) mass is 444 g/mol. The second kappa shape index (κ2) is 7.72. The molecule has 0 aliphatic carbocycles. The van der Waals surface area contributed by atoms with Crippen molar-refractivity contribution >= 4 is 50.0 Å². The van der Waals surface area contributed by atoms with E-state index >= 15 is 0 Å². The van der Waals surface area contributed by atoms with Crippen molar-refractivity contribution in [3.8, 4) is 0 Å². The molecular weight excluding hydrogens is 427 g/mol. The number of anilines is 5. The van der Waals surface area contributed by atoms with Gasteiger partial charge in [0.15, 0.2) is 5.58 Å². The summed E-state index contributed by atoms with van der Waals surface area (Å²) >= 11 is 0. The molecular formula is C19H17FN6O4S. The zero-order valence-electron chi connectivity index (χ0n) is 16.4. The molecule has 0 atom stereocenters. The van der Waals surface area contributed by atoms with Crippen LogP contribution >= 0.6 is 0 Å². The number of fused-ring (bicyclic) bond motifs is 1. The average molecular weight is 444 g/mol. The van der Waals surface area contributed by atoms with Crippen LogP contribution in [0.2, 0.25) is 0 Å². The van der Waals surface area contributed by atoms with Gasteiger partial charge in [-0.25, -0.2) is 22.6 Å². The Labute approximate surface area is 175 Å². The predicted molar refractivity (Wildman–Crippen MR) is 115 cm³/mol. The number of nitrogens with one attached hydrogen (secondary N) is 4. The lowest BCUT2D eigenvalue weighted by Crippen LogP contribution is -2.11. The van der Waals surface area contributed by atoms with E-state index in [0.717, 1.165) is 17.9 Å². The number of hydrogen-bond acceptors (Lipinski definition) is 8. The molecule has 10 nitrogen and oxygen atoms in total. The van der Waals surface area contributed by atoms with E-state index < -0.39 is 21.6 Å². The molecule has 0 aliphatic heterocycles. The first-order valence-corrected chi connectivity index (χ1v) is 10.8. The van der Waals surface area contributed by atoms with E-state index in [1.165, 1.54) is 12.1 Å². The first-order valence-electron chi connectivity index (χ1n) is 8.94. The van der Waals surface area contributed by atoms with Crippen molar-refractivity contribution in [1.29, 1.82) is 0 Å². The maximum atomic E-state index is 13.9. The van der Waals surface area contributed by atoms with Crippen LogP contribution in [0.15, 0.2) is 51.8 Å². The molecule has 0 spiro atoms. The SMILES string of the molecule is Cc1cnc(Nc2ccc(F)c(NS(C)(=O)=O)c2)nc1Nc1ccc2oc(=O)[nH]c2c1. The third kappa shape index (κ3) is 4.80. The van der Waals surface area contributed by atoms with Crippen molar-refractivity contribution in [2.45, 2.75) is 6.92 Å². The highest BCUT2D eigenvalue weighted by atomic mass is 32.2. The lowest BCUT2D eigenvalue weighted by molar-refractivity contribution is 0.555. The number of aryl methyl sites for hydroxylation is 1. The molecule has 4 aromatic rings. The van der Waals surface area contributed by atoms with E-state index in [0.29, 0.717) is 28.3 Å². The van der Waals surface area contributed by atoms with Gasteiger partial charge in [0, 0.05) is 23.1 Å². The molecule has 0 saturated carbocycles. The summed E-state index contributed by atoms with van der Waals surface area (Å²) in [5.41, 5.74) is 2.59. The zero-order valence-corrected chi connectivity index (χ0v) is 17.2.